The predicted molar refractivity (Wildman–Crippen MR) is 86.0 cm³/mol. The highest BCUT2D eigenvalue weighted by atomic mass is 19.1. The fourth-order valence-electron chi connectivity index (χ4n) is 4.21. The van der Waals surface area contributed by atoms with Crippen molar-refractivity contribution in [1.29, 1.82) is 0 Å². The Morgan fingerprint density at radius 2 is 1.92 bits per heavy atom. The fraction of sp³-hybridized carbons (Fsp3) is 0.706. The Morgan fingerprint density at radius 3 is 2.50 bits per heavy atom. The average Bonchev–Trinajstić information content (AvgIpc) is 3.10. The number of hydrogen-bond donors (Lipinski definition) is 0. The molecule has 2 saturated heterocycles. The van der Waals surface area contributed by atoms with E-state index in [1.807, 2.05) is 24.2 Å². The van der Waals surface area contributed by atoms with E-state index < -0.39 is 6.17 Å². The summed E-state index contributed by atoms with van der Waals surface area (Å²) < 4.78 is 14.7. The largest absolute Gasteiger partial charge is 0.342 e. The van der Waals surface area contributed by atoms with Crippen molar-refractivity contribution in [2.45, 2.75) is 38.3 Å². The first-order valence-electron chi connectivity index (χ1n) is 8.73. The SMILES string of the molecule is Cn1ccc(N2CCC3(CCN(C(=O)C4CC(F)C4)CC3)C2=O)n1. The normalized spacial score (nSPS) is 29.2. The molecule has 1 aromatic rings. The van der Waals surface area contributed by atoms with Crippen LogP contribution in [-0.2, 0) is 16.6 Å². The second-order valence-corrected chi connectivity index (χ2v) is 7.43. The first-order valence-corrected chi connectivity index (χ1v) is 8.73. The molecule has 7 heteroatoms. The number of nitrogens with zero attached hydrogens (tertiary/aromatic N) is 4. The second-order valence-electron chi connectivity index (χ2n) is 7.43. The van der Waals surface area contributed by atoms with E-state index in [0.717, 1.165) is 6.42 Å². The molecule has 1 spiro atoms. The molecule has 0 N–H and O–H groups in total. The van der Waals surface area contributed by atoms with Gasteiger partial charge in [-0.3, -0.25) is 19.2 Å². The van der Waals surface area contributed by atoms with Crippen LogP contribution in [0.4, 0.5) is 10.2 Å². The lowest BCUT2D eigenvalue weighted by Crippen LogP contribution is -2.50. The Bertz CT molecular complexity index is 659. The van der Waals surface area contributed by atoms with Gasteiger partial charge in [-0.2, -0.15) is 5.10 Å². The van der Waals surface area contributed by atoms with Crippen LogP contribution in [0.1, 0.15) is 32.1 Å². The van der Waals surface area contributed by atoms with Crippen molar-refractivity contribution in [2.75, 3.05) is 24.5 Å². The van der Waals surface area contributed by atoms with E-state index in [4.69, 9.17) is 0 Å². The Kier molecular flexibility index (Phi) is 3.62. The molecule has 2 amide bonds. The van der Waals surface area contributed by atoms with Crippen LogP contribution in [0.15, 0.2) is 12.3 Å². The molecular formula is C17H23FN4O2. The number of amides is 2. The Balaban J connectivity index is 1.40. The first kappa shape index (κ1) is 15.6. The average molecular weight is 334 g/mol. The minimum Gasteiger partial charge on any atom is -0.342 e. The minimum absolute atomic E-state index is 0.0748. The molecule has 6 nitrogen and oxygen atoms in total. The fourth-order valence-corrected chi connectivity index (χ4v) is 4.21. The van der Waals surface area contributed by atoms with Gasteiger partial charge in [-0.15, -0.1) is 0 Å². The van der Waals surface area contributed by atoms with E-state index in [1.165, 1.54) is 0 Å². The Morgan fingerprint density at radius 1 is 1.25 bits per heavy atom. The molecule has 0 radical (unpaired) electrons. The third-order valence-corrected chi connectivity index (χ3v) is 5.95. The zero-order valence-corrected chi connectivity index (χ0v) is 13.9. The van der Waals surface area contributed by atoms with Crippen molar-refractivity contribution in [3.63, 3.8) is 0 Å². The molecule has 4 rings (SSSR count). The van der Waals surface area contributed by atoms with E-state index in [-0.39, 0.29) is 23.1 Å². The van der Waals surface area contributed by atoms with Crippen molar-refractivity contribution in [3.05, 3.63) is 12.3 Å². The van der Waals surface area contributed by atoms with Gasteiger partial charge in [0.1, 0.15) is 6.17 Å². The molecule has 0 bridgehead atoms. The summed E-state index contributed by atoms with van der Waals surface area (Å²) >= 11 is 0. The van der Waals surface area contributed by atoms with E-state index in [1.54, 1.807) is 9.58 Å². The highest BCUT2D eigenvalue weighted by molar-refractivity contribution is 5.99. The molecule has 3 fully saturated rings. The highest BCUT2D eigenvalue weighted by Gasteiger charge is 2.50. The van der Waals surface area contributed by atoms with Gasteiger partial charge < -0.3 is 4.90 Å². The summed E-state index contributed by atoms with van der Waals surface area (Å²) in [6, 6.07) is 1.86. The standard InChI is InChI=1S/C17H23FN4O2/c1-20-6-2-14(19-20)22-9-5-17(16(22)24)3-7-21(8-4-17)15(23)12-10-13(18)11-12/h2,6,12-13H,3-5,7-11H2,1H3. The number of alkyl halides is 1. The smallest absolute Gasteiger partial charge is 0.234 e. The van der Waals surface area contributed by atoms with Crippen LogP contribution in [0.2, 0.25) is 0 Å². The number of halogens is 1. The molecular weight excluding hydrogens is 311 g/mol. The number of likely N-dealkylation sites (tertiary alicyclic amines) is 1. The second kappa shape index (κ2) is 5.57. The van der Waals surface area contributed by atoms with Crippen LogP contribution >= 0.6 is 0 Å². The zero-order valence-electron chi connectivity index (χ0n) is 13.9. The van der Waals surface area contributed by atoms with Crippen molar-refractivity contribution in [2.24, 2.45) is 18.4 Å². The quantitative estimate of drug-likeness (QED) is 0.824. The summed E-state index contributed by atoms with van der Waals surface area (Å²) in [5, 5.41) is 4.33. The van der Waals surface area contributed by atoms with Gasteiger partial charge in [-0.1, -0.05) is 0 Å². The maximum Gasteiger partial charge on any atom is 0.234 e. The summed E-state index contributed by atoms with van der Waals surface area (Å²) in [7, 11) is 1.84. The molecule has 24 heavy (non-hydrogen) atoms. The number of carbonyl (C=O) groups is 2. The van der Waals surface area contributed by atoms with E-state index in [0.29, 0.717) is 51.1 Å². The van der Waals surface area contributed by atoms with E-state index in [2.05, 4.69) is 5.10 Å². The molecule has 1 aliphatic carbocycles. The number of aryl methyl sites for hydroxylation is 1. The van der Waals surface area contributed by atoms with Crippen LogP contribution in [0.25, 0.3) is 0 Å². The maximum atomic E-state index is 13.0. The number of carbonyl (C=O) groups excluding carboxylic acids is 2. The van der Waals surface area contributed by atoms with Gasteiger partial charge in [-0.05, 0) is 32.1 Å². The molecule has 130 valence electrons. The Labute approximate surface area is 140 Å². The number of piperidine rings is 1. The highest BCUT2D eigenvalue weighted by Crippen LogP contribution is 2.43. The molecule has 0 aromatic carbocycles. The summed E-state index contributed by atoms with van der Waals surface area (Å²) in [6.07, 6.45) is 3.99. The van der Waals surface area contributed by atoms with Crippen molar-refractivity contribution in [1.82, 2.24) is 14.7 Å². The number of aromatic nitrogens is 2. The molecule has 2 aliphatic heterocycles. The summed E-state index contributed by atoms with van der Waals surface area (Å²) in [4.78, 5) is 28.9. The van der Waals surface area contributed by atoms with E-state index >= 15 is 0 Å². The van der Waals surface area contributed by atoms with Crippen LogP contribution in [0.5, 0.6) is 0 Å². The van der Waals surface area contributed by atoms with Crippen LogP contribution in [0.3, 0.4) is 0 Å². The van der Waals surface area contributed by atoms with Gasteiger partial charge in [0, 0.05) is 44.9 Å². The summed E-state index contributed by atoms with van der Waals surface area (Å²) in [5.74, 6) is 0.784. The lowest BCUT2D eigenvalue weighted by atomic mass is 9.76. The van der Waals surface area contributed by atoms with Crippen molar-refractivity contribution < 1.29 is 14.0 Å². The molecule has 3 aliphatic rings. The zero-order chi connectivity index (χ0) is 16.9. The summed E-state index contributed by atoms with van der Waals surface area (Å²) in [5.41, 5.74) is -0.351. The monoisotopic (exact) mass is 334 g/mol. The van der Waals surface area contributed by atoms with Gasteiger partial charge in [0.2, 0.25) is 11.8 Å². The van der Waals surface area contributed by atoms with E-state index in [9.17, 15) is 14.0 Å². The third-order valence-electron chi connectivity index (χ3n) is 5.95. The van der Waals surface area contributed by atoms with Crippen LogP contribution < -0.4 is 4.90 Å². The van der Waals surface area contributed by atoms with Gasteiger partial charge >= 0.3 is 0 Å². The van der Waals surface area contributed by atoms with Gasteiger partial charge in [0.15, 0.2) is 5.82 Å². The molecule has 1 saturated carbocycles. The number of hydrogen-bond acceptors (Lipinski definition) is 3. The van der Waals surface area contributed by atoms with Gasteiger partial charge in [0.05, 0.1) is 5.41 Å². The van der Waals surface area contributed by atoms with Gasteiger partial charge in [0.25, 0.3) is 0 Å². The number of rotatable bonds is 2. The molecule has 0 atom stereocenters. The van der Waals surface area contributed by atoms with Crippen molar-refractivity contribution in [3.8, 4) is 0 Å². The van der Waals surface area contributed by atoms with Crippen molar-refractivity contribution >= 4 is 17.6 Å². The predicted octanol–water partition coefficient (Wildman–Crippen LogP) is 1.51. The van der Waals surface area contributed by atoms with Crippen LogP contribution in [-0.4, -0.2) is 52.3 Å². The minimum atomic E-state index is -0.807. The molecule has 3 heterocycles. The Hall–Kier alpha value is -1.92. The maximum absolute atomic E-state index is 13.0. The van der Waals surface area contributed by atoms with Crippen LogP contribution in [0, 0.1) is 11.3 Å². The third kappa shape index (κ3) is 2.41. The van der Waals surface area contributed by atoms with Gasteiger partial charge in [-0.25, -0.2) is 4.39 Å². The lowest BCUT2D eigenvalue weighted by molar-refractivity contribution is -0.145. The lowest BCUT2D eigenvalue weighted by Gasteiger charge is -2.41. The topological polar surface area (TPSA) is 58.4 Å². The summed E-state index contributed by atoms with van der Waals surface area (Å²) in [6.45, 7) is 1.90. The number of anilines is 1. The molecule has 0 unspecified atom stereocenters. The first-order chi connectivity index (χ1) is 11.5. The molecule has 1 aromatic heterocycles.